The fourth-order valence-electron chi connectivity index (χ4n) is 2.66. The minimum atomic E-state index is -0.611. The highest BCUT2D eigenvalue weighted by Crippen LogP contribution is 2.34. The summed E-state index contributed by atoms with van der Waals surface area (Å²) in [6, 6.07) is 7.38. The molecule has 0 saturated carbocycles. The molecular weight excluding hydrogens is 258 g/mol. The molecule has 1 N–H and O–H groups in total. The molecule has 2 heterocycles. The zero-order valence-electron chi connectivity index (χ0n) is 11.5. The number of aliphatic hydroxyl groups is 1. The molecule has 0 bridgehead atoms. The molecule has 0 aromatic heterocycles. The van der Waals surface area contributed by atoms with Gasteiger partial charge in [-0.3, -0.25) is 4.79 Å². The zero-order valence-corrected chi connectivity index (χ0v) is 11.5. The van der Waals surface area contributed by atoms with Crippen LogP contribution in [0.2, 0.25) is 0 Å². The summed E-state index contributed by atoms with van der Waals surface area (Å²) >= 11 is 0. The Balaban J connectivity index is 1.72. The standard InChI is InChI=1S/C15H19NO4/c1-10-14(15(18)16-8-6-11(17)7-9-16)20-13-5-3-2-4-12(13)19-10/h2-5,10-11,14,17H,6-9H2,1H3. The molecule has 20 heavy (non-hydrogen) atoms. The quantitative estimate of drug-likeness (QED) is 0.838. The number of carbonyl (C=O) groups is 1. The van der Waals surface area contributed by atoms with Gasteiger partial charge in [0.05, 0.1) is 6.10 Å². The minimum Gasteiger partial charge on any atom is -0.482 e. The third kappa shape index (κ3) is 2.45. The number of para-hydroxylation sites is 2. The van der Waals surface area contributed by atoms with Crippen molar-refractivity contribution >= 4 is 5.91 Å². The lowest BCUT2D eigenvalue weighted by Crippen LogP contribution is -2.52. The van der Waals surface area contributed by atoms with Gasteiger partial charge in [0.2, 0.25) is 6.10 Å². The lowest BCUT2D eigenvalue weighted by Gasteiger charge is -2.36. The van der Waals surface area contributed by atoms with Crippen LogP contribution in [0.15, 0.2) is 24.3 Å². The average molecular weight is 277 g/mol. The van der Waals surface area contributed by atoms with Gasteiger partial charge in [-0.15, -0.1) is 0 Å². The second-order valence-corrected chi connectivity index (χ2v) is 5.36. The molecule has 2 aliphatic heterocycles. The Hall–Kier alpha value is -1.75. The van der Waals surface area contributed by atoms with Crippen LogP contribution in [0, 0.1) is 0 Å². The van der Waals surface area contributed by atoms with Crippen molar-refractivity contribution in [2.45, 2.75) is 38.1 Å². The second kappa shape index (κ2) is 5.32. The highest BCUT2D eigenvalue weighted by Gasteiger charge is 2.37. The molecule has 5 heteroatoms. The van der Waals surface area contributed by atoms with Crippen molar-refractivity contribution in [3.8, 4) is 11.5 Å². The van der Waals surface area contributed by atoms with E-state index in [0.29, 0.717) is 37.4 Å². The Morgan fingerprint density at radius 2 is 1.80 bits per heavy atom. The molecule has 0 radical (unpaired) electrons. The molecule has 1 fully saturated rings. The van der Waals surface area contributed by atoms with E-state index in [1.54, 1.807) is 11.0 Å². The molecule has 2 atom stereocenters. The summed E-state index contributed by atoms with van der Waals surface area (Å²) in [6.45, 7) is 3.00. The maximum Gasteiger partial charge on any atom is 0.267 e. The van der Waals surface area contributed by atoms with Gasteiger partial charge in [0.25, 0.3) is 5.91 Å². The van der Waals surface area contributed by atoms with Crippen LogP contribution in [0.1, 0.15) is 19.8 Å². The number of hydrogen-bond donors (Lipinski definition) is 1. The first-order valence-electron chi connectivity index (χ1n) is 7.04. The summed E-state index contributed by atoms with van der Waals surface area (Å²) < 4.78 is 11.6. The van der Waals surface area contributed by atoms with Crippen LogP contribution in [-0.2, 0) is 4.79 Å². The number of benzene rings is 1. The molecule has 5 nitrogen and oxygen atoms in total. The fraction of sp³-hybridized carbons (Fsp3) is 0.533. The molecule has 2 unspecified atom stereocenters. The van der Waals surface area contributed by atoms with Crippen molar-refractivity contribution < 1.29 is 19.4 Å². The maximum absolute atomic E-state index is 12.5. The number of fused-ring (bicyclic) bond motifs is 1. The summed E-state index contributed by atoms with van der Waals surface area (Å²) in [5, 5.41) is 9.51. The van der Waals surface area contributed by atoms with Gasteiger partial charge in [-0.05, 0) is 31.9 Å². The molecule has 1 aromatic rings. The number of nitrogens with zero attached hydrogens (tertiary/aromatic N) is 1. The number of ether oxygens (including phenoxy) is 2. The normalized spacial score (nSPS) is 26.4. The van der Waals surface area contributed by atoms with Gasteiger partial charge in [0.15, 0.2) is 11.5 Å². The maximum atomic E-state index is 12.5. The van der Waals surface area contributed by atoms with Crippen molar-refractivity contribution in [2.24, 2.45) is 0 Å². The number of hydrogen-bond acceptors (Lipinski definition) is 4. The third-order valence-corrected chi connectivity index (χ3v) is 3.86. The molecule has 0 spiro atoms. The highest BCUT2D eigenvalue weighted by molar-refractivity contribution is 5.82. The SMILES string of the molecule is CC1Oc2ccccc2OC1C(=O)N1CCC(O)CC1. The van der Waals surface area contributed by atoms with Gasteiger partial charge in [0, 0.05) is 13.1 Å². The van der Waals surface area contributed by atoms with Crippen molar-refractivity contribution in [2.75, 3.05) is 13.1 Å². The van der Waals surface area contributed by atoms with Gasteiger partial charge >= 0.3 is 0 Å². The van der Waals surface area contributed by atoms with Gasteiger partial charge in [-0.25, -0.2) is 0 Å². The second-order valence-electron chi connectivity index (χ2n) is 5.36. The molecule has 0 aliphatic carbocycles. The summed E-state index contributed by atoms with van der Waals surface area (Å²) in [5.74, 6) is 1.23. The Kier molecular flexibility index (Phi) is 3.53. The van der Waals surface area contributed by atoms with E-state index in [1.807, 2.05) is 25.1 Å². The minimum absolute atomic E-state index is 0.0566. The van der Waals surface area contributed by atoms with E-state index in [4.69, 9.17) is 9.47 Å². The van der Waals surface area contributed by atoms with Crippen LogP contribution in [0.25, 0.3) is 0 Å². The number of rotatable bonds is 1. The van der Waals surface area contributed by atoms with Crippen LogP contribution in [0.5, 0.6) is 11.5 Å². The van der Waals surface area contributed by atoms with E-state index in [-0.39, 0.29) is 18.1 Å². The van der Waals surface area contributed by atoms with Gasteiger partial charge < -0.3 is 19.5 Å². The van der Waals surface area contributed by atoms with E-state index in [9.17, 15) is 9.90 Å². The Labute approximate surface area is 118 Å². The molecule has 1 amide bonds. The van der Waals surface area contributed by atoms with Crippen LogP contribution in [-0.4, -0.2) is 47.3 Å². The first-order chi connectivity index (χ1) is 9.65. The van der Waals surface area contributed by atoms with Crippen molar-refractivity contribution in [3.05, 3.63) is 24.3 Å². The number of likely N-dealkylation sites (tertiary alicyclic amines) is 1. The van der Waals surface area contributed by atoms with Gasteiger partial charge in [-0.2, -0.15) is 0 Å². The van der Waals surface area contributed by atoms with E-state index in [0.717, 1.165) is 0 Å². The summed E-state index contributed by atoms with van der Waals surface area (Å²) in [4.78, 5) is 14.3. The molecular formula is C15H19NO4. The zero-order chi connectivity index (χ0) is 14.1. The number of aliphatic hydroxyl groups excluding tert-OH is 1. The predicted octanol–water partition coefficient (Wildman–Crippen LogP) is 1.20. The van der Waals surface area contributed by atoms with E-state index < -0.39 is 6.10 Å². The third-order valence-electron chi connectivity index (χ3n) is 3.86. The first-order valence-corrected chi connectivity index (χ1v) is 7.04. The molecule has 1 aromatic carbocycles. The topological polar surface area (TPSA) is 59.0 Å². The monoisotopic (exact) mass is 277 g/mol. The number of amides is 1. The predicted molar refractivity (Wildman–Crippen MR) is 72.8 cm³/mol. The summed E-state index contributed by atoms with van der Waals surface area (Å²) in [7, 11) is 0. The Morgan fingerprint density at radius 1 is 1.20 bits per heavy atom. The lowest BCUT2D eigenvalue weighted by molar-refractivity contribution is -0.146. The average Bonchev–Trinajstić information content (AvgIpc) is 2.46. The molecule has 1 saturated heterocycles. The molecule has 108 valence electrons. The van der Waals surface area contributed by atoms with Gasteiger partial charge in [0.1, 0.15) is 6.10 Å². The Morgan fingerprint density at radius 3 is 2.45 bits per heavy atom. The largest absolute Gasteiger partial charge is 0.482 e. The van der Waals surface area contributed by atoms with Crippen LogP contribution in [0.3, 0.4) is 0 Å². The van der Waals surface area contributed by atoms with Crippen molar-refractivity contribution in [1.29, 1.82) is 0 Å². The summed E-state index contributed by atoms with van der Waals surface area (Å²) in [6.07, 6.45) is 0.0410. The fourth-order valence-corrected chi connectivity index (χ4v) is 2.66. The van der Waals surface area contributed by atoms with E-state index in [1.165, 1.54) is 0 Å². The lowest BCUT2D eigenvalue weighted by atomic mass is 10.1. The van der Waals surface area contributed by atoms with E-state index in [2.05, 4.69) is 0 Å². The smallest absolute Gasteiger partial charge is 0.267 e. The Bertz CT molecular complexity index is 496. The van der Waals surface area contributed by atoms with Gasteiger partial charge in [-0.1, -0.05) is 12.1 Å². The summed E-state index contributed by atoms with van der Waals surface area (Å²) in [5.41, 5.74) is 0. The van der Waals surface area contributed by atoms with E-state index >= 15 is 0 Å². The number of piperidine rings is 1. The first kappa shape index (κ1) is 13.2. The van der Waals surface area contributed by atoms with Crippen LogP contribution < -0.4 is 9.47 Å². The molecule has 3 rings (SSSR count). The van der Waals surface area contributed by atoms with Crippen molar-refractivity contribution in [1.82, 2.24) is 4.90 Å². The number of carbonyl (C=O) groups excluding carboxylic acids is 1. The highest BCUT2D eigenvalue weighted by atomic mass is 16.6. The van der Waals surface area contributed by atoms with Crippen LogP contribution >= 0.6 is 0 Å². The van der Waals surface area contributed by atoms with Crippen LogP contribution in [0.4, 0.5) is 0 Å². The molecule has 2 aliphatic rings. The van der Waals surface area contributed by atoms with Crippen molar-refractivity contribution in [3.63, 3.8) is 0 Å².